The van der Waals surface area contributed by atoms with Crippen molar-refractivity contribution < 1.29 is 13.2 Å². The number of nitrogens with zero attached hydrogens (tertiary/aromatic N) is 1. The fourth-order valence-electron chi connectivity index (χ4n) is 3.46. The van der Waals surface area contributed by atoms with Crippen molar-refractivity contribution in [2.24, 2.45) is 0 Å². The number of aromatic nitrogens is 1. The van der Waals surface area contributed by atoms with Gasteiger partial charge in [0.2, 0.25) is 10.0 Å². The van der Waals surface area contributed by atoms with Crippen molar-refractivity contribution in [3.05, 3.63) is 58.8 Å². The molecule has 6 nitrogen and oxygen atoms in total. The Bertz CT molecular complexity index is 1180. The first-order valence-corrected chi connectivity index (χ1v) is 11.1. The quantitative estimate of drug-likeness (QED) is 0.629. The van der Waals surface area contributed by atoms with Crippen LogP contribution in [0.25, 0.3) is 10.9 Å². The van der Waals surface area contributed by atoms with Crippen molar-refractivity contribution in [2.45, 2.75) is 39.5 Å². The van der Waals surface area contributed by atoms with E-state index in [1.165, 1.54) is 10.4 Å². The lowest BCUT2D eigenvalue weighted by Gasteiger charge is -2.20. The average Bonchev–Trinajstić information content (AvgIpc) is 2.97. The predicted octanol–water partition coefficient (Wildman–Crippen LogP) is 4.38. The number of hydrogen-bond donors (Lipinski definition) is 2. The maximum Gasteiger partial charge on any atom is 0.255 e. The van der Waals surface area contributed by atoms with E-state index in [2.05, 4.69) is 10.3 Å². The molecule has 2 N–H and O–H groups in total. The molecule has 2 aromatic carbocycles. The number of rotatable bonds is 6. The van der Waals surface area contributed by atoms with Crippen LogP contribution < -0.4 is 5.32 Å². The topological polar surface area (TPSA) is 82.3 Å². The maximum absolute atomic E-state index is 12.9. The Kier molecular flexibility index (Phi) is 5.82. The second kappa shape index (κ2) is 8.00. The minimum absolute atomic E-state index is 0.214. The van der Waals surface area contributed by atoms with Crippen molar-refractivity contribution in [1.29, 1.82) is 0 Å². The first-order chi connectivity index (χ1) is 13.7. The van der Waals surface area contributed by atoms with E-state index in [-0.39, 0.29) is 10.8 Å². The van der Waals surface area contributed by atoms with Gasteiger partial charge in [0.25, 0.3) is 5.91 Å². The van der Waals surface area contributed by atoms with E-state index in [0.29, 0.717) is 29.9 Å². The fraction of sp³-hybridized carbons (Fsp3) is 0.318. The van der Waals surface area contributed by atoms with Crippen LogP contribution in [0.4, 0.5) is 5.69 Å². The van der Waals surface area contributed by atoms with E-state index in [0.717, 1.165) is 22.2 Å². The van der Waals surface area contributed by atoms with Gasteiger partial charge in [0.1, 0.15) is 0 Å². The number of nitrogens with one attached hydrogen (secondary N) is 2. The third-order valence-corrected chi connectivity index (χ3v) is 7.53. The van der Waals surface area contributed by atoms with Gasteiger partial charge in [0, 0.05) is 40.9 Å². The minimum atomic E-state index is -3.61. The van der Waals surface area contributed by atoms with E-state index in [9.17, 15) is 13.2 Å². The van der Waals surface area contributed by atoms with Gasteiger partial charge in [-0.05, 0) is 62.2 Å². The van der Waals surface area contributed by atoms with Crippen LogP contribution in [-0.4, -0.2) is 36.7 Å². The number of carbonyl (C=O) groups excluding carboxylic acids is 1. The second-order valence-corrected chi connectivity index (χ2v) is 9.07. The molecule has 0 spiro atoms. The molecule has 1 amide bonds. The molecule has 154 valence electrons. The molecular formula is C22H27N3O3S. The highest BCUT2D eigenvalue weighted by atomic mass is 32.2. The molecule has 1 aromatic heterocycles. The summed E-state index contributed by atoms with van der Waals surface area (Å²) in [5, 5.41) is 3.84. The van der Waals surface area contributed by atoms with E-state index >= 15 is 0 Å². The number of aromatic amines is 1. The van der Waals surface area contributed by atoms with Crippen molar-refractivity contribution >= 4 is 32.5 Å². The molecule has 0 bridgehead atoms. The van der Waals surface area contributed by atoms with Crippen molar-refractivity contribution in [3.63, 3.8) is 0 Å². The third-order valence-electron chi connectivity index (χ3n) is 5.34. The summed E-state index contributed by atoms with van der Waals surface area (Å²) in [5.41, 5.74) is 4.79. The summed E-state index contributed by atoms with van der Waals surface area (Å²) in [4.78, 5) is 16.3. The summed E-state index contributed by atoms with van der Waals surface area (Å²) in [6, 6.07) is 10.5. The number of fused-ring (bicyclic) bond motifs is 1. The number of benzene rings is 2. The highest BCUT2D eigenvalue weighted by Gasteiger charge is 2.24. The van der Waals surface area contributed by atoms with Crippen LogP contribution in [0.2, 0.25) is 0 Å². The lowest BCUT2D eigenvalue weighted by atomic mass is 10.1. The zero-order valence-corrected chi connectivity index (χ0v) is 18.3. The van der Waals surface area contributed by atoms with E-state index in [4.69, 9.17) is 0 Å². The molecule has 29 heavy (non-hydrogen) atoms. The predicted molar refractivity (Wildman–Crippen MR) is 117 cm³/mol. The van der Waals surface area contributed by atoms with Crippen molar-refractivity contribution in [2.75, 3.05) is 18.4 Å². The molecule has 3 aromatic rings. The Balaban J connectivity index is 1.93. The average molecular weight is 414 g/mol. The molecule has 0 aliphatic rings. The van der Waals surface area contributed by atoms with E-state index < -0.39 is 10.0 Å². The number of anilines is 1. The smallest absolute Gasteiger partial charge is 0.255 e. The van der Waals surface area contributed by atoms with Crippen LogP contribution in [-0.2, 0) is 10.0 Å². The summed E-state index contributed by atoms with van der Waals surface area (Å²) < 4.78 is 27.2. The fourth-order valence-corrected chi connectivity index (χ4v) is 5.17. The SMILES string of the molecule is CCN(CC)S(=O)(=O)c1cc(NC(=O)c2ccc3[nH]c(C)c(C)c3c2)ccc1C. The van der Waals surface area contributed by atoms with Crippen LogP contribution in [0.3, 0.4) is 0 Å². The molecule has 0 fully saturated rings. The lowest BCUT2D eigenvalue weighted by molar-refractivity contribution is 0.102. The van der Waals surface area contributed by atoms with Crippen LogP contribution in [0.1, 0.15) is 41.0 Å². The zero-order valence-electron chi connectivity index (χ0n) is 17.5. The highest BCUT2D eigenvalue weighted by Crippen LogP contribution is 2.25. The van der Waals surface area contributed by atoms with Gasteiger partial charge in [0.15, 0.2) is 0 Å². The molecule has 0 saturated carbocycles. The molecule has 0 atom stereocenters. The summed E-state index contributed by atoms with van der Waals surface area (Å²) in [6.07, 6.45) is 0. The highest BCUT2D eigenvalue weighted by molar-refractivity contribution is 7.89. The zero-order chi connectivity index (χ0) is 21.3. The number of hydrogen-bond acceptors (Lipinski definition) is 3. The Morgan fingerprint density at radius 2 is 1.72 bits per heavy atom. The van der Waals surface area contributed by atoms with E-state index in [1.54, 1.807) is 25.1 Å². The van der Waals surface area contributed by atoms with Crippen molar-refractivity contribution in [1.82, 2.24) is 9.29 Å². The third kappa shape index (κ3) is 3.93. The van der Waals surface area contributed by atoms with Crippen LogP contribution >= 0.6 is 0 Å². The van der Waals surface area contributed by atoms with Crippen molar-refractivity contribution in [3.8, 4) is 0 Å². The van der Waals surface area contributed by atoms with Gasteiger partial charge in [-0.3, -0.25) is 4.79 Å². The first-order valence-electron chi connectivity index (χ1n) is 9.70. The Morgan fingerprint density at radius 3 is 2.38 bits per heavy atom. The summed E-state index contributed by atoms with van der Waals surface area (Å²) in [5.74, 6) is -0.278. The first kappa shape index (κ1) is 21.1. The van der Waals surface area contributed by atoms with Gasteiger partial charge in [-0.2, -0.15) is 4.31 Å². The standard InChI is InChI=1S/C22H27N3O3S/c1-6-25(7-2)29(27,28)21-13-18(10-8-14(21)3)24-22(26)17-9-11-20-19(12-17)15(4)16(5)23-20/h8-13,23H,6-7H2,1-5H3,(H,24,26). The molecule has 1 heterocycles. The maximum atomic E-state index is 12.9. The number of amides is 1. The molecule has 0 radical (unpaired) electrons. The van der Waals surface area contributed by atoms with E-state index in [1.807, 2.05) is 39.8 Å². The largest absolute Gasteiger partial charge is 0.358 e. The molecule has 0 aliphatic carbocycles. The molecule has 0 saturated heterocycles. The van der Waals surface area contributed by atoms with Gasteiger partial charge in [-0.1, -0.05) is 19.9 Å². The number of H-pyrrole nitrogens is 1. The Labute approximate surface area is 172 Å². The van der Waals surface area contributed by atoms with Crippen LogP contribution in [0, 0.1) is 20.8 Å². The van der Waals surface area contributed by atoms with Gasteiger partial charge in [-0.15, -0.1) is 0 Å². The number of carbonyl (C=O) groups is 1. The molecule has 0 aliphatic heterocycles. The van der Waals surface area contributed by atoms with Crippen LogP contribution in [0.15, 0.2) is 41.3 Å². The molecule has 3 rings (SSSR count). The second-order valence-electron chi connectivity index (χ2n) is 7.16. The number of sulfonamides is 1. The monoisotopic (exact) mass is 413 g/mol. The Hall–Kier alpha value is -2.64. The lowest BCUT2D eigenvalue weighted by Crippen LogP contribution is -2.31. The summed E-state index contributed by atoms with van der Waals surface area (Å²) in [6.45, 7) is 10.2. The van der Waals surface area contributed by atoms with Gasteiger partial charge >= 0.3 is 0 Å². The van der Waals surface area contributed by atoms with Gasteiger partial charge in [0.05, 0.1) is 4.90 Å². The normalized spacial score (nSPS) is 11.9. The molecule has 7 heteroatoms. The molecular weight excluding hydrogens is 386 g/mol. The summed E-state index contributed by atoms with van der Waals surface area (Å²) in [7, 11) is -3.61. The van der Waals surface area contributed by atoms with Gasteiger partial charge < -0.3 is 10.3 Å². The minimum Gasteiger partial charge on any atom is -0.358 e. The molecule has 0 unspecified atom stereocenters. The number of aryl methyl sites for hydroxylation is 3. The van der Waals surface area contributed by atoms with Gasteiger partial charge in [-0.25, -0.2) is 8.42 Å². The van der Waals surface area contributed by atoms with Crippen LogP contribution in [0.5, 0.6) is 0 Å². The summed E-state index contributed by atoms with van der Waals surface area (Å²) >= 11 is 0. The Morgan fingerprint density at radius 1 is 1.03 bits per heavy atom.